The Hall–Kier alpha value is -0.780. The van der Waals surface area contributed by atoms with E-state index >= 15 is 0 Å². The Kier molecular flexibility index (Phi) is 3.14. The van der Waals surface area contributed by atoms with Gasteiger partial charge < -0.3 is 5.32 Å². The van der Waals surface area contributed by atoms with Gasteiger partial charge in [-0.05, 0) is 20.9 Å². The third-order valence-corrected chi connectivity index (χ3v) is 4.11. The molecule has 0 spiro atoms. The summed E-state index contributed by atoms with van der Waals surface area (Å²) in [6.07, 6.45) is 0. The second kappa shape index (κ2) is 4.38. The lowest BCUT2D eigenvalue weighted by atomic mass is 10.3. The van der Waals surface area contributed by atoms with Crippen molar-refractivity contribution in [2.75, 3.05) is 7.05 Å². The average Bonchev–Trinajstić information content (AvgIpc) is 2.78. The van der Waals surface area contributed by atoms with Crippen molar-refractivity contribution in [3.8, 4) is 0 Å². The second-order valence-corrected chi connectivity index (χ2v) is 5.16. The van der Waals surface area contributed by atoms with Crippen molar-refractivity contribution >= 4 is 22.7 Å². The topological polar surface area (TPSA) is 37.8 Å². The molecule has 0 aromatic carbocycles. The maximum absolute atomic E-state index is 4.49. The van der Waals surface area contributed by atoms with Gasteiger partial charge in [-0.2, -0.15) is 0 Å². The second-order valence-electron chi connectivity index (χ2n) is 3.38. The third kappa shape index (κ3) is 2.25. The third-order valence-electron chi connectivity index (χ3n) is 2.06. The van der Waals surface area contributed by atoms with Crippen LogP contribution in [0.25, 0.3) is 0 Å². The fourth-order valence-corrected chi connectivity index (χ4v) is 3.25. The van der Waals surface area contributed by atoms with E-state index in [4.69, 9.17) is 0 Å². The van der Waals surface area contributed by atoms with Crippen LogP contribution in [0.3, 0.4) is 0 Å². The lowest BCUT2D eigenvalue weighted by Gasteiger charge is -2.09. The Morgan fingerprint density at radius 2 is 1.53 bits per heavy atom. The molecule has 2 aromatic heterocycles. The van der Waals surface area contributed by atoms with E-state index in [1.165, 1.54) is 0 Å². The molecule has 0 unspecified atom stereocenters. The molecule has 0 aliphatic heterocycles. The van der Waals surface area contributed by atoms with Crippen molar-refractivity contribution in [2.24, 2.45) is 0 Å². The maximum Gasteiger partial charge on any atom is 0.117 e. The van der Waals surface area contributed by atoms with Crippen LogP contribution in [0, 0.1) is 13.8 Å². The first kappa shape index (κ1) is 10.7. The molecule has 0 fully saturated rings. The molecular formula is C10H13N3S2. The van der Waals surface area contributed by atoms with Crippen LogP contribution in [-0.2, 0) is 0 Å². The summed E-state index contributed by atoms with van der Waals surface area (Å²) < 4.78 is 0. The van der Waals surface area contributed by atoms with E-state index < -0.39 is 0 Å². The van der Waals surface area contributed by atoms with Gasteiger partial charge in [-0.1, -0.05) is 0 Å². The molecule has 80 valence electrons. The molecule has 0 aliphatic carbocycles. The van der Waals surface area contributed by atoms with E-state index in [1.807, 2.05) is 20.9 Å². The van der Waals surface area contributed by atoms with E-state index in [9.17, 15) is 0 Å². The summed E-state index contributed by atoms with van der Waals surface area (Å²) in [6.45, 7) is 4.03. The SMILES string of the molecule is CNC(c1nc(C)cs1)c1nc(C)cs1. The number of aryl methyl sites for hydroxylation is 2. The molecule has 2 heterocycles. The number of thiazole rings is 2. The van der Waals surface area contributed by atoms with E-state index in [0.29, 0.717) is 0 Å². The van der Waals surface area contributed by atoms with Gasteiger partial charge in [0, 0.05) is 22.1 Å². The Labute approximate surface area is 97.2 Å². The van der Waals surface area contributed by atoms with Gasteiger partial charge >= 0.3 is 0 Å². The molecule has 0 aliphatic rings. The first-order chi connectivity index (χ1) is 7.20. The number of hydrogen-bond acceptors (Lipinski definition) is 5. The van der Waals surface area contributed by atoms with Gasteiger partial charge in [0.2, 0.25) is 0 Å². The summed E-state index contributed by atoms with van der Waals surface area (Å²) in [6, 6.07) is 0.141. The lowest BCUT2D eigenvalue weighted by Crippen LogP contribution is -2.17. The van der Waals surface area contributed by atoms with Crippen molar-refractivity contribution in [2.45, 2.75) is 19.9 Å². The fraction of sp³-hybridized carbons (Fsp3) is 0.400. The highest BCUT2D eigenvalue weighted by Crippen LogP contribution is 2.26. The fourth-order valence-electron chi connectivity index (χ4n) is 1.36. The van der Waals surface area contributed by atoms with Crippen LogP contribution in [0.1, 0.15) is 27.4 Å². The van der Waals surface area contributed by atoms with Crippen LogP contribution < -0.4 is 5.32 Å². The molecule has 0 saturated carbocycles. The van der Waals surface area contributed by atoms with Gasteiger partial charge in [0.15, 0.2) is 0 Å². The number of hydrogen-bond donors (Lipinski definition) is 1. The number of aromatic nitrogens is 2. The molecule has 2 aromatic rings. The Morgan fingerprint density at radius 1 is 1.07 bits per heavy atom. The van der Waals surface area contributed by atoms with Crippen molar-refractivity contribution in [3.63, 3.8) is 0 Å². The zero-order valence-corrected chi connectivity index (χ0v) is 10.6. The predicted molar refractivity (Wildman–Crippen MR) is 64.6 cm³/mol. The van der Waals surface area contributed by atoms with Crippen LogP contribution in [-0.4, -0.2) is 17.0 Å². The van der Waals surface area contributed by atoms with Crippen LogP contribution in [0.15, 0.2) is 10.8 Å². The van der Waals surface area contributed by atoms with Crippen molar-refractivity contribution in [1.82, 2.24) is 15.3 Å². The summed E-state index contributed by atoms with van der Waals surface area (Å²) in [5, 5.41) is 9.57. The summed E-state index contributed by atoms with van der Waals surface area (Å²) in [7, 11) is 1.94. The van der Waals surface area contributed by atoms with Gasteiger partial charge in [-0.3, -0.25) is 0 Å². The highest BCUT2D eigenvalue weighted by Gasteiger charge is 2.18. The summed E-state index contributed by atoms with van der Waals surface area (Å²) in [5.74, 6) is 0. The molecule has 0 amide bonds. The largest absolute Gasteiger partial charge is 0.305 e. The lowest BCUT2D eigenvalue weighted by molar-refractivity contribution is 0.678. The number of nitrogens with zero attached hydrogens (tertiary/aromatic N) is 2. The van der Waals surface area contributed by atoms with Crippen molar-refractivity contribution in [3.05, 3.63) is 32.2 Å². The summed E-state index contributed by atoms with van der Waals surface area (Å²) in [5.41, 5.74) is 2.15. The standard InChI is InChI=1S/C10H13N3S2/c1-6-4-14-9(12-6)8(11-3)10-13-7(2)5-15-10/h4-5,8,11H,1-3H3. The Bertz CT molecular complexity index is 407. The van der Waals surface area contributed by atoms with Gasteiger partial charge in [0.1, 0.15) is 16.1 Å². The van der Waals surface area contributed by atoms with E-state index in [1.54, 1.807) is 22.7 Å². The van der Waals surface area contributed by atoms with Gasteiger partial charge in [-0.15, -0.1) is 22.7 Å². The minimum atomic E-state index is 0.141. The highest BCUT2D eigenvalue weighted by molar-refractivity contribution is 7.11. The summed E-state index contributed by atoms with van der Waals surface area (Å²) in [4.78, 5) is 8.98. The smallest absolute Gasteiger partial charge is 0.117 e. The van der Waals surface area contributed by atoms with Crippen molar-refractivity contribution < 1.29 is 0 Å². The molecule has 0 radical (unpaired) electrons. The Balaban J connectivity index is 2.32. The first-order valence-corrected chi connectivity index (χ1v) is 6.48. The van der Waals surface area contributed by atoms with E-state index in [2.05, 4.69) is 26.0 Å². The monoisotopic (exact) mass is 239 g/mol. The predicted octanol–water partition coefficient (Wildman–Crippen LogP) is 2.53. The molecule has 15 heavy (non-hydrogen) atoms. The quantitative estimate of drug-likeness (QED) is 0.894. The highest BCUT2D eigenvalue weighted by atomic mass is 32.1. The van der Waals surface area contributed by atoms with Crippen molar-refractivity contribution in [1.29, 1.82) is 0 Å². The molecule has 5 heteroatoms. The van der Waals surface area contributed by atoms with Crippen LogP contribution in [0.2, 0.25) is 0 Å². The molecule has 1 N–H and O–H groups in total. The van der Waals surface area contributed by atoms with Gasteiger partial charge in [-0.25, -0.2) is 9.97 Å². The van der Waals surface area contributed by atoms with E-state index in [0.717, 1.165) is 21.4 Å². The molecule has 3 nitrogen and oxygen atoms in total. The molecule has 2 rings (SSSR count). The van der Waals surface area contributed by atoms with Crippen LogP contribution in [0.5, 0.6) is 0 Å². The maximum atomic E-state index is 4.49. The zero-order valence-electron chi connectivity index (χ0n) is 8.94. The molecular weight excluding hydrogens is 226 g/mol. The van der Waals surface area contributed by atoms with Gasteiger partial charge in [0.25, 0.3) is 0 Å². The number of rotatable bonds is 3. The number of nitrogens with one attached hydrogen (secondary N) is 1. The zero-order chi connectivity index (χ0) is 10.8. The minimum Gasteiger partial charge on any atom is -0.305 e. The molecule has 0 bridgehead atoms. The first-order valence-electron chi connectivity index (χ1n) is 4.72. The van der Waals surface area contributed by atoms with Crippen LogP contribution >= 0.6 is 22.7 Å². The normalized spacial score (nSPS) is 11.2. The molecule has 0 saturated heterocycles. The molecule has 0 atom stereocenters. The van der Waals surface area contributed by atoms with Gasteiger partial charge in [0.05, 0.1) is 0 Å². The summed E-state index contributed by atoms with van der Waals surface area (Å²) >= 11 is 3.36. The Morgan fingerprint density at radius 3 is 1.80 bits per heavy atom. The van der Waals surface area contributed by atoms with E-state index in [-0.39, 0.29) is 6.04 Å². The average molecular weight is 239 g/mol. The minimum absolute atomic E-state index is 0.141. The van der Waals surface area contributed by atoms with Crippen LogP contribution in [0.4, 0.5) is 0 Å².